The molecule has 0 unspecified atom stereocenters. The van der Waals surface area contributed by atoms with E-state index in [9.17, 15) is 9.59 Å². The molecule has 2 aromatic heterocycles. The van der Waals surface area contributed by atoms with Crippen LogP contribution in [0.1, 0.15) is 34.2 Å². The van der Waals surface area contributed by atoms with Gasteiger partial charge in [0.1, 0.15) is 0 Å². The molecule has 19 heavy (non-hydrogen) atoms. The lowest BCUT2D eigenvalue weighted by Crippen LogP contribution is -2.26. The summed E-state index contributed by atoms with van der Waals surface area (Å²) < 4.78 is 5.08. The summed E-state index contributed by atoms with van der Waals surface area (Å²) in [5, 5.41) is 2.82. The van der Waals surface area contributed by atoms with Gasteiger partial charge in [-0.25, -0.2) is 0 Å². The highest BCUT2D eigenvalue weighted by molar-refractivity contribution is 7.14. The van der Waals surface area contributed by atoms with Gasteiger partial charge >= 0.3 is 0 Å². The van der Waals surface area contributed by atoms with Crippen molar-refractivity contribution in [3.05, 3.63) is 46.0 Å². The number of hydrogen-bond acceptors (Lipinski definition) is 4. The zero-order valence-electron chi connectivity index (χ0n) is 10.8. The molecule has 0 saturated carbocycles. The van der Waals surface area contributed by atoms with Crippen molar-refractivity contribution in [1.82, 2.24) is 5.32 Å². The third-order valence-electron chi connectivity index (χ3n) is 2.59. The number of amides is 1. The number of nitrogens with one attached hydrogen (secondary N) is 1. The molecule has 0 fully saturated rings. The lowest BCUT2D eigenvalue weighted by Gasteiger charge is -2.05. The van der Waals surface area contributed by atoms with Gasteiger partial charge in [-0.1, -0.05) is 13.8 Å². The van der Waals surface area contributed by atoms with Gasteiger partial charge < -0.3 is 9.73 Å². The summed E-state index contributed by atoms with van der Waals surface area (Å²) in [6.07, 6.45) is 1.48. The van der Waals surface area contributed by atoms with E-state index in [2.05, 4.69) is 5.32 Å². The lowest BCUT2D eigenvalue weighted by molar-refractivity contribution is -0.124. The van der Waals surface area contributed by atoms with Gasteiger partial charge in [-0.2, -0.15) is 0 Å². The number of rotatable bonds is 5. The number of carbonyl (C=O) groups excluding carboxylic acids is 2. The topological polar surface area (TPSA) is 59.3 Å². The highest BCUT2D eigenvalue weighted by Crippen LogP contribution is 2.20. The van der Waals surface area contributed by atoms with Gasteiger partial charge in [-0.3, -0.25) is 9.59 Å². The van der Waals surface area contributed by atoms with E-state index >= 15 is 0 Å². The predicted molar refractivity (Wildman–Crippen MR) is 73.1 cm³/mol. The minimum atomic E-state index is -0.128. The molecule has 4 nitrogen and oxygen atoms in total. The summed E-state index contributed by atoms with van der Waals surface area (Å²) in [4.78, 5) is 25.0. The number of carbonyl (C=O) groups is 2. The number of ketones is 1. The van der Waals surface area contributed by atoms with Gasteiger partial charge in [0.2, 0.25) is 11.7 Å². The molecule has 0 aliphatic rings. The molecule has 2 rings (SSSR count). The Morgan fingerprint density at radius 1 is 1.32 bits per heavy atom. The molecule has 0 atom stereocenters. The molecule has 5 heteroatoms. The van der Waals surface area contributed by atoms with Crippen LogP contribution in [0.2, 0.25) is 0 Å². The maximum atomic E-state index is 12.0. The molecule has 0 aromatic carbocycles. The molecule has 0 radical (unpaired) electrons. The molecule has 0 spiro atoms. The summed E-state index contributed by atoms with van der Waals surface area (Å²) in [6.45, 7) is 4.14. The minimum Gasteiger partial charge on any atom is -0.461 e. The van der Waals surface area contributed by atoms with Crippen LogP contribution in [-0.4, -0.2) is 11.7 Å². The largest absolute Gasteiger partial charge is 0.461 e. The Morgan fingerprint density at radius 3 is 2.74 bits per heavy atom. The molecular weight excluding hydrogens is 262 g/mol. The Labute approximate surface area is 115 Å². The first-order valence-corrected chi connectivity index (χ1v) is 6.84. The maximum absolute atomic E-state index is 12.0. The van der Waals surface area contributed by atoms with E-state index in [-0.39, 0.29) is 17.6 Å². The zero-order chi connectivity index (χ0) is 13.8. The quantitative estimate of drug-likeness (QED) is 0.855. The van der Waals surface area contributed by atoms with Gasteiger partial charge in [-0.05, 0) is 24.3 Å². The van der Waals surface area contributed by atoms with E-state index in [0.717, 1.165) is 4.88 Å². The zero-order valence-corrected chi connectivity index (χ0v) is 11.6. The molecule has 0 saturated heterocycles. The minimum absolute atomic E-state index is 0.00677. The Kier molecular flexibility index (Phi) is 4.16. The molecule has 0 bridgehead atoms. The molecule has 2 aromatic rings. The second-order valence-electron chi connectivity index (χ2n) is 4.44. The predicted octanol–water partition coefficient (Wildman–Crippen LogP) is 2.84. The van der Waals surface area contributed by atoms with Crippen LogP contribution in [-0.2, 0) is 11.3 Å². The second kappa shape index (κ2) is 5.84. The van der Waals surface area contributed by atoms with Crippen molar-refractivity contribution in [2.24, 2.45) is 5.92 Å². The molecule has 1 amide bonds. The van der Waals surface area contributed by atoms with Crippen molar-refractivity contribution in [1.29, 1.82) is 0 Å². The number of thiophene rings is 1. The van der Waals surface area contributed by atoms with Crippen LogP contribution < -0.4 is 5.32 Å². The first-order valence-electron chi connectivity index (χ1n) is 6.02. The molecule has 100 valence electrons. The van der Waals surface area contributed by atoms with E-state index in [4.69, 9.17) is 4.42 Å². The van der Waals surface area contributed by atoms with Gasteiger partial charge in [0.05, 0.1) is 17.7 Å². The Morgan fingerprint density at radius 2 is 2.11 bits per heavy atom. The van der Waals surface area contributed by atoms with E-state index in [0.29, 0.717) is 17.2 Å². The molecular formula is C14H15NO3S. The van der Waals surface area contributed by atoms with Crippen LogP contribution in [0.4, 0.5) is 0 Å². The van der Waals surface area contributed by atoms with Crippen LogP contribution in [0.5, 0.6) is 0 Å². The third-order valence-corrected chi connectivity index (χ3v) is 3.68. The SMILES string of the molecule is CC(C)C(=O)NCc1ccc(C(=O)c2ccco2)s1. The van der Waals surface area contributed by atoms with E-state index in [1.807, 2.05) is 19.9 Å². The summed E-state index contributed by atoms with van der Waals surface area (Å²) in [5.74, 6) is 0.174. The number of hydrogen-bond donors (Lipinski definition) is 1. The molecule has 0 aliphatic carbocycles. The van der Waals surface area contributed by atoms with Gasteiger partial charge in [0.25, 0.3) is 0 Å². The molecule has 1 N–H and O–H groups in total. The second-order valence-corrected chi connectivity index (χ2v) is 5.61. The fourth-order valence-electron chi connectivity index (χ4n) is 1.50. The highest BCUT2D eigenvalue weighted by atomic mass is 32.1. The van der Waals surface area contributed by atoms with Crippen LogP contribution >= 0.6 is 11.3 Å². The van der Waals surface area contributed by atoms with Crippen LogP contribution in [0.25, 0.3) is 0 Å². The Balaban J connectivity index is 2.00. The average Bonchev–Trinajstić information content (AvgIpc) is 3.06. The summed E-state index contributed by atoms with van der Waals surface area (Å²) in [7, 11) is 0. The van der Waals surface area contributed by atoms with Gasteiger partial charge in [0.15, 0.2) is 5.76 Å². The van der Waals surface area contributed by atoms with Crippen molar-refractivity contribution < 1.29 is 14.0 Å². The van der Waals surface area contributed by atoms with E-state index < -0.39 is 0 Å². The standard InChI is InChI=1S/C14H15NO3S/c1-9(2)14(17)15-8-10-5-6-12(19-10)13(16)11-4-3-7-18-11/h3-7,9H,8H2,1-2H3,(H,15,17). The number of furan rings is 1. The molecule has 0 aliphatic heterocycles. The van der Waals surface area contributed by atoms with Crippen molar-refractivity contribution in [3.63, 3.8) is 0 Å². The van der Waals surface area contributed by atoms with Crippen LogP contribution in [0.15, 0.2) is 34.9 Å². The summed E-state index contributed by atoms with van der Waals surface area (Å²) in [5.41, 5.74) is 0. The Bertz CT molecular complexity index is 569. The van der Waals surface area contributed by atoms with E-state index in [1.165, 1.54) is 17.6 Å². The van der Waals surface area contributed by atoms with Gasteiger partial charge in [0, 0.05) is 10.8 Å². The third kappa shape index (κ3) is 3.32. The monoisotopic (exact) mass is 277 g/mol. The van der Waals surface area contributed by atoms with Crippen molar-refractivity contribution >= 4 is 23.0 Å². The van der Waals surface area contributed by atoms with Crippen molar-refractivity contribution in [2.45, 2.75) is 20.4 Å². The van der Waals surface area contributed by atoms with Gasteiger partial charge in [-0.15, -0.1) is 11.3 Å². The fourth-order valence-corrected chi connectivity index (χ4v) is 2.39. The van der Waals surface area contributed by atoms with E-state index in [1.54, 1.807) is 18.2 Å². The smallest absolute Gasteiger partial charge is 0.238 e. The summed E-state index contributed by atoms with van der Waals surface area (Å²) in [6, 6.07) is 6.93. The van der Waals surface area contributed by atoms with Crippen LogP contribution in [0, 0.1) is 5.92 Å². The Hall–Kier alpha value is -1.88. The van der Waals surface area contributed by atoms with Crippen LogP contribution in [0.3, 0.4) is 0 Å². The van der Waals surface area contributed by atoms with Crippen molar-refractivity contribution in [3.8, 4) is 0 Å². The maximum Gasteiger partial charge on any atom is 0.238 e. The first kappa shape index (κ1) is 13.5. The first-order chi connectivity index (χ1) is 9.08. The molecule has 2 heterocycles. The van der Waals surface area contributed by atoms with Crippen molar-refractivity contribution in [2.75, 3.05) is 0 Å². The highest BCUT2D eigenvalue weighted by Gasteiger charge is 2.14. The average molecular weight is 277 g/mol. The summed E-state index contributed by atoms with van der Waals surface area (Å²) >= 11 is 1.37. The normalized spacial score (nSPS) is 10.7. The fraction of sp³-hybridized carbons (Fsp3) is 0.286. The lowest BCUT2D eigenvalue weighted by atomic mass is 10.2.